The van der Waals surface area contributed by atoms with Crippen molar-refractivity contribution >= 4 is 61.6 Å². The molecule has 0 saturated carbocycles. The molecule has 10 heteroatoms. The molecule has 0 heterocycles. The summed E-state index contributed by atoms with van der Waals surface area (Å²) in [5.41, 5.74) is 0. The number of carboxylic acid groups (broad SMARTS) is 4. The van der Waals surface area contributed by atoms with Gasteiger partial charge in [0, 0.05) is 12.2 Å². The van der Waals surface area contributed by atoms with Crippen molar-refractivity contribution in [2.45, 2.75) is 12.5 Å². The molecule has 18 heavy (non-hydrogen) atoms. The predicted octanol–water partition coefficient (Wildman–Crippen LogP) is -2.30. The summed E-state index contributed by atoms with van der Waals surface area (Å²) in [4.78, 5) is 38.5. The Morgan fingerprint density at radius 2 is 1.22 bits per heavy atom. The molecule has 0 aromatic carbocycles. The number of carboxylic acids is 4. The normalized spacial score (nSPS) is 10.5. The van der Waals surface area contributed by atoms with Crippen LogP contribution >= 0.6 is 0 Å². The first kappa shape index (κ1) is 22.1. The fourth-order valence-electron chi connectivity index (χ4n) is 0.395. The monoisotopic (exact) mass is 292 g/mol. The van der Waals surface area contributed by atoms with Crippen LogP contribution in [0.2, 0.25) is 0 Å². The van der Waals surface area contributed by atoms with Crippen LogP contribution in [-0.4, -0.2) is 93.3 Å². The molecule has 1 unspecified atom stereocenters. The van der Waals surface area contributed by atoms with Crippen LogP contribution in [0.1, 0.15) is 6.42 Å². The van der Waals surface area contributed by atoms with E-state index in [1.54, 1.807) is 0 Å². The molecule has 0 aliphatic heterocycles. The van der Waals surface area contributed by atoms with Gasteiger partial charge in [-0.2, -0.15) is 0 Å². The molecule has 0 aliphatic rings. The molecular weight excluding hydrogens is 280 g/mol. The second-order valence-electron chi connectivity index (χ2n) is 2.46. The third-order valence-electron chi connectivity index (χ3n) is 1.02. The molecule has 0 bridgehead atoms. The predicted molar refractivity (Wildman–Crippen MR) is 58.9 cm³/mol. The van der Waals surface area contributed by atoms with Crippen molar-refractivity contribution in [2.75, 3.05) is 0 Å². The summed E-state index contributed by atoms with van der Waals surface area (Å²) in [6, 6.07) is 0. The fraction of sp³-hybridized carbons (Fsp3) is 0.250. The van der Waals surface area contributed by atoms with Gasteiger partial charge in [-0.05, 0) is 0 Å². The number of aliphatic carboxylic acids is 4. The summed E-state index contributed by atoms with van der Waals surface area (Å²) in [5.74, 6) is -5.36. The van der Waals surface area contributed by atoms with Gasteiger partial charge in [-0.15, -0.1) is 0 Å². The van der Waals surface area contributed by atoms with Crippen molar-refractivity contribution in [3.63, 3.8) is 0 Å². The van der Waals surface area contributed by atoms with Crippen LogP contribution in [0.5, 0.6) is 0 Å². The summed E-state index contributed by atoms with van der Waals surface area (Å²) in [6.45, 7) is 0. The zero-order chi connectivity index (χ0) is 14.0. The Kier molecular flexibility index (Phi) is 15.1. The summed E-state index contributed by atoms with van der Waals surface area (Å²) < 4.78 is 0. The Morgan fingerprint density at radius 3 is 1.33 bits per heavy atom. The van der Waals surface area contributed by atoms with Crippen molar-refractivity contribution in [2.24, 2.45) is 0 Å². The first-order chi connectivity index (χ1) is 7.66. The average molecular weight is 292 g/mol. The van der Waals surface area contributed by atoms with Crippen LogP contribution in [0.3, 0.4) is 0 Å². The molecule has 0 amide bonds. The van der Waals surface area contributed by atoms with Gasteiger partial charge in [0.2, 0.25) is 0 Å². The van der Waals surface area contributed by atoms with Crippen molar-refractivity contribution in [1.29, 1.82) is 0 Å². The van der Waals surface area contributed by atoms with Gasteiger partial charge >= 0.3 is 61.6 Å². The maximum atomic E-state index is 9.72. The van der Waals surface area contributed by atoms with E-state index >= 15 is 0 Å². The van der Waals surface area contributed by atoms with E-state index in [0.29, 0.717) is 12.2 Å². The number of hydrogen-bond donors (Lipinski definition) is 5. The standard InChI is InChI=1S/C4H6O5.C4H4O4.Ca.2H/c5-2(4(8)9)1-3(6)7;5-3(6)1-2-4(7)8;;;/h2,5H,1H2,(H,6,7)(H,8,9);1-2H,(H,5,6)(H,7,8);;;/b;2-1+;;;. The Labute approximate surface area is 130 Å². The third kappa shape index (κ3) is 20.3. The maximum absolute atomic E-state index is 9.72. The van der Waals surface area contributed by atoms with Crippen LogP contribution in [0.15, 0.2) is 12.2 Å². The van der Waals surface area contributed by atoms with E-state index < -0.39 is 36.4 Å². The van der Waals surface area contributed by atoms with E-state index in [-0.39, 0.29) is 37.7 Å². The molecule has 0 radical (unpaired) electrons. The fourth-order valence-corrected chi connectivity index (χ4v) is 0.395. The molecule has 0 fully saturated rings. The van der Waals surface area contributed by atoms with Crippen molar-refractivity contribution in [3.05, 3.63) is 12.2 Å². The first-order valence-electron chi connectivity index (χ1n) is 3.93. The van der Waals surface area contributed by atoms with Gasteiger partial charge < -0.3 is 25.5 Å². The van der Waals surface area contributed by atoms with E-state index in [2.05, 4.69) is 0 Å². The molecule has 0 aromatic rings. The van der Waals surface area contributed by atoms with E-state index in [0.717, 1.165) is 0 Å². The Balaban J connectivity index is -0.000000238. The second-order valence-corrected chi connectivity index (χ2v) is 2.46. The van der Waals surface area contributed by atoms with Crippen LogP contribution in [0, 0.1) is 0 Å². The van der Waals surface area contributed by atoms with E-state index in [4.69, 9.17) is 25.5 Å². The summed E-state index contributed by atoms with van der Waals surface area (Å²) in [6.07, 6.45) is -1.43. The van der Waals surface area contributed by atoms with Gasteiger partial charge in [0.15, 0.2) is 6.10 Å². The zero-order valence-corrected chi connectivity index (χ0v) is 8.31. The molecular formula is C8H12CaO9. The number of rotatable bonds is 5. The van der Waals surface area contributed by atoms with Gasteiger partial charge in [0.05, 0.1) is 6.42 Å². The van der Waals surface area contributed by atoms with E-state index in [1.807, 2.05) is 0 Å². The molecule has 0 rings (SSSR count). The molecule has 0 aromatic heterocycles. The minimum atomic E-state index is -1.79. The molecule has 100 valence electrons. The first-order valence-corrected chi connectivity index (χ1v) is 3.93. The van der Waals surface area contributed by atoms with Crippen LogP contribution in [0.4, 0.5) is 0 Å². The number of aliphatic hydroxyl groups excluding tert-OH is 1. The van der Waals surface area contributed by atoms with Gasteiger partial charge in [0.1, 0.15) is 0 Å². The van der Waals surface area contributed by atoms with Crippen LogP contribution in [-0.2, 0) is 19.2 Å². The average Bonchev–Trinajstić information content (AvgIpc) is 2.14. The molecule has 9 nitrogen and oxygen atoms in total. The van der Waals surface area contributed by atoms with Gasteiger partial charge in [0.25, 0.3) is 0 Å². The Bertz CT molecular complexity index is 319. The quantitative estimate of drug-likeness (QED) is 0.276. The van der Waals surface area contributed by atoms with Crippen molar-refractivity contribution in [3.8, 4) is 0 Å². The minimum absolute atomic E-state index is 0. The number of carbonyl (C=O) groups is 4. The molecule has 1 atom stereocenters. The zero-order valence-electron chi connectivity index (χ0n) is 8.31. The molecule has 0 aliphatic carbocycles. The van der Waals surface area contributed by atoms with E-state index in [1.165, 1.54) is 0 Å². The van der Waals surface area contributed by atoms with Gasteiger partial charge in [-0.3, -0.25) is 4.79 Å². The second kappa shape index (κ2) is 12.3. The SMILES string of the molecule is O=C(O)/C=C/C(=O)O.O=C(O)CC(O)C(=O)O.[CaH2]. The number of aliphatic hydroxyl groups is 1. The third-order valence-corrected chi connectivity index (χ3v) is 1.02. The number of hydrogen-bond acceptors (Lipinski definition) is 5. The Morgan fingerprint density at radius 1 is 0.889 bits per heavy atom. The Hall–Kier alpha value is -1.16. The van der Waals surface area contributed by atoms with Crippen molar-refractivity contribution < 1.29 is 44.7 Å². The molecule has 0 saturated heterocycles. The van der Waals surface area contributed by atoms with Crippen molar-refractivity contribution in [1.82, 2.24) is 0 Å². The van der Waals surface area contributed by atoms with Crippen LogP contribution in [0.25, 0.3) is 0 Å². The van der Waals surface area contributed by atoms with E-state index in [9.17, 15) is 19.2 Å². The molecule has 0 spiro atoms. The topological polar surface area (TPSA) is 169 Å². The summed E-state index contributed by atoms with van der Waals surface area (Å²) in [7, 11) is 0. The molecule has 5 N–H and O–H groups in total. The van der Waals surface area contributed by atoms with Crippen LogP contribution < -0.4 is 0 Å². The summed E-state index contributed by atoms with van der Waals surface area (Å²) >= 11 is 0. The summed E-state index contributed by atoms with van der Waals surface area (Å²) in [5, 5.41) is 39.8. The van der Waals surface area contributed by atoms with Gasteiger partial charge in [-0.25, -0.2) is 14.4 Å². The van der Waals surface area contributed by atoms with Gasteiger partial charge in [-0.1, -0.05) is 0 Å².